The Balaban J connectivity index is 1.62. The van der Waals surface area contributed by atoms with E-state index in [1.807, 2.05) is 0 Å². The number of ether oxygens (including phenoxy) is 4. The first-order valence-corrected chi connectivity index (χ1v) is 15.5. The van der Waals surface area contributed by atoms with Crippen molar-refractivity contribution < 1.29 is 42.9 Å². The molecule has 2 aromatic heterocycles. The molecule has 0 radical (unpaired) electrons. The number of thiazole rings is 1. The average molecular weight is 661 g/mol. The number of esters is 2. The molecule has 0 fully saturated rings. The number of hydrogen-bond acceptors (Lipinski definition) is 11. The normalized spacial score (nSPS) is 14.3. The van der Waals surface area contributed by atoms with Crippen molar-refractivity contribution in [2.75, 3.05) is 26.9 Å². The second kappa shape index (κ2) is 13.9. The monoisotopic (exact) mass is 660 g/mol. The molecule has 2 aromatic carbocycles. The highest BCUT2D eigenvalue weighted by Gasteiger charge is 2.34. The maximum absolute atomic E-state index is 14.1. The molecule has 244 valence electrons. The van der Waals surface area contributed by atoms with E-state index in [1.165, 1.54) is 17.7 Å². The van der Waals surface area contributed by atoms with Crippen LogP contribution in [0.5, 0.6) is 11.5 Å². The lowest BCUT2D eigenvalue weighted by Crippen LogP contribution is -2.40. The fraction of sp³-hybridized carbons (Fsp3) is 0.265. The number of hydrogen-bond donors (Lipinski definition) is 1. The van der Waals surface area contributed by atoms with Gasteiger partial charge in [-0.2, -0.15) is 0 Å². The first-order valence-electron chi connectivity index (χ1n) is 14.7. The van der Waals surface area contributed by atoms with Crippen LogP contribution in [0.4, 0.5) is 0 Å². The molecule has 1 atom stereocenters. The van der Waals surface area contributed by atoms with Gasteiger partial charge < -0.3 is 28.5 Å². The molecule has 0 spiro atoms. The van der Waals surface area contributed by atoms with Crippen molar-refractivity contribution in [1.29, 1.82) is 0 Å². The maximum Gasteiger partial charge on any atom is 0.343 e. The van der Waals surface area contributed by atoms with Gasteiger partial charge in [0.1, 0.15) is 11.5 Å². The van der Waals surface area contributed by atoms with Crippen LogP contribution in [-0.2, 0) is 19.1 Å². The molecule has 1 N–H and O–H groups in total. The van der Waals surface area contributed by atoms with Crippen molar-refractivity contribution in [3.8, 4) is 22.8 Å². The minimum absolute atomic E-state index is 0.118. The second-order valence-electron chi connectivity index (χ2n) is 10.3. The van der Waals surface area contributed by atoms with Gasteiger partial charge in [0.15, 0.2) is 22.9 Å². The van der Waals surface area contributed by atoms with Gasteiger partial charge in [0.05, 0.1) is 47.7 Å². The van der Waals surface area contributed by atoms with Gasteiger partial charge >= 0.3 is 17.9 Å². The number of furan rings is 1. The van der Waals surface area contributed by atoms with Gasteiger partial charge in [-0.15, -0.1) is 0 Å². The van der Waals surface area contributed by atoms with Crippen molar-refractivity contribution in [2.24, 2.45) is 4.99 Å². The number of carbonyl (C=O) groups excluding carboxylic acids is 2. The molecule has 1 aliphatic heterocycles. The zero-order valence-electron chi connectivity index (χ0n) is 26.3. The number of carboxylic acids is 1. The molecule has 0 bridgehead atoms. The summed E-state index contributed by atoms with van der Waals surface area (Å²) in [6.07, 6.45) is 1.58. The molecule has 4 aromatic rings. The Morgan fingerprint density at radius 2 is 1.83 bits per heavy atom. The van der Waals surface area contributed by atoms with E-state index in [0.29, 0.717) is 49.0 Å². The van der Waals surface area contributed by atoms with E-state index < -0.39 is 29.5 Å². The van der Waals surface area contributed by atoms with Crippen molar-refractivity contribution in [1.82, 2.24) is 4.57 Å². The number of allylic oxidation sites excluding steroid dienone is 1. The Morgan fingerprint density at radius 1 is 1.04 bits per heavy atom. The van der Waals surface area contributed by atoms with Crippen molar-refractivity contribution in [3.05, 3.63) is 102 Å². The van der Waals surface area contributed by atoms with Crippen LogP contribution in [0.3, 0.4) is 0 Å². The Hall–Kier alpha value is -5.43. The molecule has 1 aliphatic rings. The van der Waals surface area contributed by atoms with Crippen LogP contribution in [0, 0.1) is 6.92 Å². The predicted molar refractivity (Wildman–Crippen MR) is 171 cm³/mol. The van der Waals surface area contributed by atoms with E-state index in [4.69, 9.17) is 18.6 Å². The quantitative estimate of drug-likeness (QED) is 0.233. The fourth-order valence-electron chi connectivity index (χ4n) is 5.22. The molecule has 3 heterocycles. The SMILES string of the molecule is CCOC(=O)C1=C(C)N=c2s/c(=C\c3ccc(-c4cccc(C(=O)O)c4C)o3)c(=O)n2[C@@H]1c1ccc(OCC(=O)OC)c(OCC)c1. The Labute approximate surface area is 272 Å². The Morgan fingerprint density at radius 3 is 2.53 bits per heavy atom. The first kappa shape index (κ1) is 32.9. The number of methoxy groups -OCH3 is 1. The zero-order valence-corrected chi connectivity index (χ0v) is 27.1. The minimum Gasteiger partial charge on any atom is -0.490 e. The number of aromatic nitrogens is 1. The molecule has 0 saturated heterocycles. The summed E-state index contributed by atoms with van der Waals surface area (Å²) in [6.45, 7) is 6.93. The van der Waals surface area contributed by atoms with Gasteiger partial charge in [0, 0.05) is 11.6 Å². The third-order valence-electron chi connectivity index (χ3n) is 7.40. The summed E-state index contributed by atoms with van der Waals surface area (Å²) in [5.41, 5.74) is 2.01. The molecule has 47 heavy (non-hydrogen) atoms. The van der Waals surface area contributed by atoms with Gasteiger partial charge in [0.25, 0.3) is 5.56 Å². The number of nitrogens with zero attached hydrogens (tertiary/aromatic N) is 2. The number of aromatic carboxylic acids is 1. The number of benzene rings is 2. The molecular weight excluding hydrogens is 628 g/mol. The largest absolute Gasteiger partial charge is 0.490 e. The number of carboxylic acid groups (broad SMARTS) is 1. The van der Waals surface area contributed by atoms with E-state index in [2.05, 4.69) is 9.73 Å². The molecule has 0 amide bonds. The van der Waals surface area contributed by atoms with Crippen LogP contribution < -0.4 is 24.4 Å². The molecular formula is C34H32N2O10S. The molecule has 13 heteroatoms. The van der Waals surface area contributed by atoms with Crippen molar-refractivity contribution in [2.45, 2.75) is 33.7 Å². The lowest BCUT2D eigenvalue weighted by atomic mass is 9.95. The summed E-state index contributed by atoms with van der Waals surface area (Å²) < 4.78 is 29.2. The van der Waals surface area contributed by atoms with Gasteiger partial charge in [-0.1, -0.05) is 29.5 Å². The number of fused-ring (bicyclic) bond motifs is 1. The zero-order chi connectivity index (χ0) is 33.8. The highest BCUT2D eigenvalue weighted by atomic mass is 32.1. The van der Waals surface area contributed by atoms with Crippen LogP contribution in [0.2, 0.25) is 0 Å². The topological polar surface area (TPSA) is 156 Å². The van der Waals surface area contributed by atoms with E-state index >= 15 is 0 Å². The smallest absolute Gasteiger partial charge is 0.343 e. The van der Waals surface area contributed by atoms with Crippen LogP contribution >= 0.6 is 11.3 Å². The van der Waals surface area contributed by atoms with E-state index in [1.54, 1.807) is 76.2 Å². The third-order valence-corrected chi connectivity index (χ3v) is 8.39. The Kier molecular flexibility index (Phi) is 9.75. The van der Waals surface area contributed by atoms with E-state index in [9.17, 15) is 24.3 Å². The molecule has 0 aliphatic carbocycles. The summed E-state index contributed by atoms with van der Waals surface area (Å²) in [4.78, 5) is 55.7. The summed E-state index contributed by atoms with van der Waals surface area (Å²) in [6, 6.07) is 12.3. The standard InChI is InChI=1S/C34H32N2O10S/c1-6-43-26-15-20(11-13-25(26)45-17-28(37)42-5)30-29(33(41)44-7-2)19(4)35-34-36(30)31(38)27(47-34)16-21-12-14-24(46-21)22-9-8-10-23(18(22)3)32(39)40/h8-16,30H,6-7,17H2,1-5H3,(H,39,40)/b27-16-/t30-/m1/s1. The van der Waals surface area contributed by atoms with Crippen LogP contribution in [0.15, 0.2) is 74.0 Å². The average Bonchev–Trinajstić information content (AvgIpc) is 3.63. The van der Waals surface area contributed by atoms with Crippen molar-refractivity contribution in [3.63, 3.8) is 0 Å². The van der Waals surface area contributed by atoms with Gasteiger partial charge in [-0.05, 0) is 69.2 Å². The summed E-state index contributed by atoms with van der Waals surface area (Å²) in [5, 5.41) is 9.52. The van der Waals surface area contributed by atoms with E-state index in [0.717, 1.165) is 11.3 Å². The minimum atomic E-state index is -1.04. The van der Waals surface area contributed by atoms with Gasteiger partial charge in [-0.25, -0.2) is 19.4 Å². The first-order chi connectivity index (χ1) is 22.6. The molecule has 0 saturated carbocycles. The molecule has 0 unspecified atom stereocenters. The maximum atomic E-state index is 14.1. The predicted octanol–water partition coefficient (Wildman–Crippen LogP) is 4.02. The van der Waals surface area contributed by atoms with Gasteiger partial charge in [-0.3, -0.25) is 9.36 Å². The number of rotatable bonds is 11. The lowest BCUT2D eigenvalue weighted by molar-refractivity contribution is -0.143. The fourth-order valence-corrected chi connectivity index (χ4v) is 6.25. The van der Waals surface area contributed by atoms with E-state index in [-0.39, 0.29) is 36.7 Å². The lowest BCUT2D eigenvalue weighted by Gasteiger charge is -2.25. The van der Waals surface area contributed by atoms with Crippen molar-refractivity contribution >= 4 is 35.3 Å². The Bertz CT molecular complexity index is 2090. The number of carbonyl (C=O) groups is 3. The second-order valence-corrected chi connectivity index (χ2v) is 11.3. The van der Waals surface area contributed by atoms with Gasteiger partial charge in [0.2, 0.25) is 0 Å². The van der Waals surface area contributed by atoms with Crippen LogP contribution in [0.25, 0.3) is 17.4 Å². The highest BCUT2D eigenvalue weighted by molar-refractivity contribution is 7.07. The summed E-state index contributed by atoms with van der Waals surface area (Å²) in [7, 11) is 1.26. The van der Waals surface area contributed by atoms with Crippen LogP contribution in [-0.4, -0.2) is 54.5 Å². The summed E-state index contributed by atoms with van der Waals surface area (Å²) >= 11 is 1.13. The molecule has 5 rings (SSSR count). The summed E-state index contributed by atoms with van der Waals surface area (Å²) in [5.74, 6) is -0.828. The third kappa shape index (κ3) is 6.61. The molecule has 12 nitrogen and oxygen atoms in total. The van der Waals surface area contributed by atoms with Crippen LogP contribution in [0.1, 0.15) is 54.1 Å². The highest BCUT2D eigenvalue weighted by Crippen LogP contribution is 2.36.